The molecule has 0 aromatic heterocycles. The molecule has 1 amide bonds. The molecule has 0 radical (unpaired) electrons. The van der Waals surface area contributed by atoms with Crippen molar-refractivity contribution in [3.8, 4) is 0 Å². The van der Waals surface area contributed by atoms with Gasteiger partial charge in [0.1, 0.15) is 5.60 Å². The van der Waals surface area contributed by atoms with Crippen LogP contribution in [0.4, 0.5) is 4.79 Å². The highest BCUT2D eigenvalue weighted by atomic mass is 35.5. The largest absolute Gasteiger partial charge is 0.444 e. The van der Waals surface area contributed by atoms with Gasteiger partial charge in [0.05, 0.1) is 12.6 Å². The molecule has 0 aromatic rings. The van der Waals surface area contributed by atoms with Crippen LogP contribution in [0.2, 0.25) is 0 Å². The van der Waals surface area contributed by atoms with Gasteiger partial charge in [-0.15, -0.1) is 12.4 Å². The maximum absolute atomic E-state index is 11.1. The van der Waals surface area contributed by atoms with Crippen molar-refractivity contribution >= 4 is 18.5 Å². The van der Waals surface area contributed by atoms with Gasteiger partial charge in [0.15, 0.2) is 0 Å². The Morgan fingerprint density at radius 2 is 2.07 bits per heavy atom. The number of alkyl carbamates (subject to hydrolysis) is 1. The molecule has 0 unspecified atom stereocenters. The molecule has 0 saturated heterocycles. The van der Waals surface area contributed by atoms with Crippen molar-refractivity contribution in [3.63, 3.8) is 0 Å². The van der Waals surface area contributed by atoms with E-state index in [1.165, 1.54) is 0 Å². The number of aliphatic hydroxyl groups excluding tert-OH is 1. The zero-order chi connectivity index (χ0) is 10.5. The average Bonchev–Trinajstić information content (AvgIpc) is 1.96. The van der Waals surface area contributed by atoms with E-state index < -0.39 is 17.7 Å². The minimum Gasteiger partial charge on any atom is -0.444 e. The summed E-state index contributed by atoms with van der Waals surface area (Å²) in [5, 5.41) is 11.2. The Kier molecular flexibility index (Phi) is 7.81. The van der Waals surface area contributed by atoms with Gasteiger partial charge in [-0.2, -0.15) is 0 Å². The Balaban J connectivity index is 0. The monoisotopic (exact) mass is 226 g/mol. The van der Waals surface area contributed by atoms with E-state index in [1.54, 1.807) is 20.8 Å². The first-order chi connectivity index (χ1) is 5.89. The van der Waals surface area contributed by atoms with E-state index in [1.807, 2.05) is 0 Å². The number of nitrogens with two attached hydrogens (primary N) is 1. The molecule has 0 bridgehead atoms. The van der Waals surface area contributed by atoms with Gasteiger partial charge in [-0.1, -0.05) is 0 Å². The Morgan fingerprint density at radius 3 is 2.36 bits per heavy atom. The third-order valence-corrected chi connectivity index (χ3v) is 1.23. The summed E-state index contributed by atoms with van der Waals surface area (Å²) in [7, 11) is 0. The van der Waals surface area contributed by atoms with Gasteiger partial charge < -0.3 is 20.9 Å². The lowest BCUT2D eigenvalue weighted by atomic mass is 10.2. The number of carbonyl (C=O) groups excluding carboxylic acids is 1. The summed E-state index contributed by atoms with van der Waals surface area (Å²) in [6, 6.07) is -0.435. The fourth-order valence-electron chi connectivity index (χ4n) is 0.653. The number of amides is 1. The van der Waals surface area contributed by atoms with E-state index in [4.69, 9.17) is 15.6 Å². The molecule has 0 saturated carbocycles. The molecular formula is C8H19ClN2O3. The molecule has 0 heterocycles. The fraction of sp³-hybridized carbons (Fsp3) is 0.875. The van der Waals surface area contributed by atoms with Crippen molar-refractivity contribution in [2.75, 3.05) is 13.2 Å². The van der Waals surface area contributed by atoms with Crippen LogP contribution in [0.15, 0.2) is 0 Å². The minimum absolute atomic E-state index is 0. The van der Waals surface area contributed by atoms with E-state index in [0.717, 1.165) is 0 Å². The quantitative estimate of drug-likeness (QED) is 0.644. The highest BCUT2D eigenvalue weighted by Gasteiger charge is 2.18. The molecule has 0 aromatic carbocycles. The molecular weight excluding hydrogens is 208 g/mol. The molecule has 1 atom stereocenters. The SMILES string of the molecule is CC(C)(C)OC(=O)N[C@@H](CN)CO.Cl. The molecule has 86 valence electrons. The normalized spacial score (nSPS) is 12.6. The number of aliphatic hydroxyl groups is 1. The number of nitrogens with one attached hydrogen (secondary N) is 1. The van der Waals surface area contributed by atoms with Crippen LogP contribution in [0.25, 0.3) is 0 Å². The van der Waals surface area contributed by atoms with Gasteiger partial charge in [0.2, 0.25) is 0 Å². The lowest BCUT2D eigenvalue weighted by Gasteiger charge is -2.22. The Morgan fingerprint density at radius 1 is 1.57 bits per heavy atom. The van der Waals surface area contributed by atoms with Crippen molar-refractivity contribution in [1.29, 1.82) is 0 Å². The summed E-state index contributed by atoms with van der Waals surface area (Å²) >= 11 is 0. The molecule has 0 rings (SSSR count). The average molecular weight is 227 g/mol. The Labute approximate surface area is 90.4 Å². The van der Waals surface area contributed by atoms with Crippen LogP contribution in [0.1, 0.15) is 20.8 Å². The second-order valence-corrected chi connectivity index (χ2v) is 3.76. The molecule has 5 nitrogen and oxygen atoms in total. The van der Waals surface area contributed by atoms with Crippen LogP contribution in [-0.2, 0) is 4.74 Å². The third-order valence-electron chi connectivity index (χ3n) is 1.23. The molecule has 0 aliphatic carbocycles. The van der Waals surface area contributed by atoms with Crippen LogP contribution in [0, 0.1) is 0 Å². The molecule has 6 heteroatoms. The standard InChI is InChI=1S/C8H18N2O3.ClH/c1-8(2,3)13-7(12)10-6(4-9)5-11;/h6,11H,4-5,9H2,1-3H3,(H,10,12);1H/t6-;/m0./s1. The highest BCUT2D eigenvalue weighted by molar-refractivity contribution is 5.85. The summed E-state index contributed by atoms with van der Waals surface area (Å²) in [4.78, 5) is 11.1. The van der Waals surface area contributed by atoms with Gasteiger partial charge in [-0.3, -0.25) is 0 Å². The van der Waals surface area contributed by atoms with E-state index in [9.17, 15) is 4.79 Å². The van der Waals surface area contributed by atoms with Crippen molar-refractivity contribution < 1.29 is 14.6 Å². The van der Waals surface area contributed by atoms with Crippen LogP contribution in [0.5, 0.6) is 0 Å². The van der Waals surface area contributed by atoms with Crippen molar-refractivity contribution in [2.45, 2.75) is 32.4 Å². The third kappa shape index (κ3) is 8.10. The number of hydrogen-bond donors (Lipinski definition) is 3. The van der Waals surface area contributed by atoms with Crippen LogP contribution in [0.3, 0.4) is 0 Å². The number of ether oxygens (including phenoxy) is 1. The molecule has 0 aliphatic rings. The summed E-state index contributed by atoms with van der Waals surface area (Å²) in [6.45, 7) is 5.31. The smallest absolute Gasteiger partial charge is 0.407 e. The van der Waals surface area contributed by atoms with Crippen LogP contribution < -0.4 is 11.1 Å². The van der Waals surface area contributed by atoms with Gasteiger partial charge >= 0.3 is 6.09 Å². The van der Waals surface area contributed by atoms with E-state index in [-0.39, 0.29) is 25.6 Å². The van der Waals surface area contributed by atoms with E-state index >= 15 is 0 Å². The van der Waals surface area contributed by atoms with Gasteiger partial charge in [0.25, 0.3) is 0 Å². The summed E-state index contributed by atoms with van der Waals surface area (Å²) in [5.41, 5.74) is 4.74. The number of hydrogen-bond acceptors (Lipinski definition) is 4. The number of carbonyl (C=O) groups is 1. The number of rotatable bonds is 3. The lowest BCUT2D eigenvalue weighted by molar-refractivity contribution is 0.0485. The number of halogens is 1. The predicted molar refractivity (Wildman–Crippen MR) is 56.5 cm³/mol. The lowest BCUT2D eigenvalue weighted by Crippen LogP contribution is -2.44. The molecule has 4 N–H and O–H groups in total. The summed E-state index contributed by atoms with van der Waals surface area (Å²) in [6.07, 6.45) is -0.558. The van der Waals surface area contributed by atoms with Gasteiger partial charge in [-0.05, 0) is 20.8 Å². The van der Waals surface area contributed by atoms with Crippen molar-refractivity contribution in [1.82, 2.24) is 5.32 Å². The molecule has 0 spiro atoms. The predicted octanol–water partition coefficient (Wildman–Crippen LogP) is 0.253. The minimum atomic E-state index is -0.558. The van der Waals surface area contributed by atoms with Gasteiger partial charge in [0, 0.05) is 6.54 Å². The Hall–Kier alpha value is -0.520. The first kappa shape index (κ1) is 15.9. The second-order valence-electron chi connectivity index (χ2n) is 3.76. The fourth-order valence-corrected chi connectivity index (χ4v) is 0.653. The molecule has 0 fully saturated rings. The topological polar surface area (TPSA) is 84.6 Å². The first-order valence-corrected chi connectivity index (χ1v) is 4.19. The van der Waals surface area contributed by atoms with E-state index in [2.05, 4.69) is 5.32 Å². The van der Waals surface area contributed by atoms with Crippen LogP contribution >= 0.6 is 12.4 Å². The first-order valence-electron chi connectivity index (χ1n) is 4.19. The van der Waals surface area contributed by atoms with E-state index in [0.29, 0.717) is 0 Å². The zero-order valence-corrected chi connectivity index (χ0v) is 9.56. The highest BCUT2D eigenvalue weighted by Crippen LogP contribution is 2.06. The zero-order valence-electron chi connectivity index (χ0n) is 8.74. The molecule has 0 aliphatic heterocycles. The van der Waals surface area contributed by atoms with Gasteiger partial charge in [-0.25, -0.2) is 4.79 Å². The maximum Gasteiger partial charge on any atom is 0.407 e. The summed E-state index contributed by atoms with van der Waals surface area (Å²) in [5.74, 6) is 0. The Bertz CT molecular complexity index is 166. The van der Waals surface area contributed by atoms with Crippen LogP contribution in [-0.4, -0.2) is 36.0 Å². The second kappa shape index (κ2) is 6.86. The van der Waals surface area contributed by atoms with Crippen molar-refractivity contribution in [2.24, 2.45) is 5.73 Å². The van der Waals surface area contributed by atoms with Crippen molar-refractivity contribution in [3.05, 3.63) is 0 Å². The maximum atomic E-state index is 11.1. The summed E-state index contributed by atoms with van der Waals surface area (Å²) < 4.78 is 4.96. The molecule has 14 heavy (non-hydrogen) atoms.